The van der Waals surface area contributed by atoms with Crippen LogP contribution in [0.3, 0.4) is 0 Å². The van der Waals surface area contributed by atoms with Crippen molar-refractivity contribution in [1.29, 1.82) is 5.26 Å². The average molecular weight is 211 g/mol. The number of aromatic nitrogens is 1. The highest BCUT2D eigenvalue weighted by molar-refractivity contribution is 9.10. The van der Waals surface area contributed by atoms with Crippen molar-refractivity contribution in [2.45, 2.75) is 13.8 Å². The molecule has 1 aromatic heterocycles. The Morgan fingerprint density at radius 2 is 2.18 bits per heavy atom. The zero-order chi connectivity index (χ0) is 8.43. The first kappa shape index (κ1) is 8.22. The molecule has 0 saturated heterocycles. The van der Waals surface area contributed by atoms with Crippen LogP contribution in [0.2, 0.25) is 0 Å². The van der Waals surface area contributed by atoms with Crippen molar-refractivity contribution in [2.75, 3.05) is 0 Å². The van der Waals surface area contributed by atoms with Crippen LogP contribution in [-0.2, 0) is 0 Å². The van der Waals surface area contributed by atoms with Crippen LogP contribution in [0.1, 0.15) is 16.8 Å². The van der Waals surface area contributed by atoms with Gasteiger partial charge >= 0.3 is 0 Å². The highest BCUT2D eigenvalue weighted by atomic mass is 79.9. The molecule has 0 fully saturated rings. The van der Waals surface area contributed by atoms with Crippen LogP contribution < -0.4 is 0 Å². The second kappa shape index (κ2) is 3.02. The summed E-state index contributed by atoms with van der Waals surface area (Å²) in [5, 5.41) is 8.54. The Balaban J connectivity index is 3.35. The highest BCUT2D eigenvalue weighted by Gasteiger charge is 2.01. The quantitative estimate of drug-likeness (QED) is 0.617. The number of hydrogen-bond acceptors (Lipinski definition) is 2. The molecule has 11 heavy (non-hydrogen) atoms. The number of pyridine rings is 1. The summed E-state index contributed by atoms with van der Waals surface area (Å²) in [6.45, 7) is 3.93. The van der Waals surface area contributed by atoms with Crippen LogP contribution in [0.25, 0.3) is 0 Å². The van der Waals surface area contributed by atoms with Gasteiger partial charge in [0, 0.05) is 0 Å². The summed E-state index contributed by atoms with van der Waals surface area (Å²) in [6, 6.07) is 3.77. The van der Waals surface area contributed by atoms with E-state index in [1.807, 2.05) is 19.9 Å². The Kier molecular flexibility index (Phi) is 2.25. The molecule has 0 aliphatic carbocycles. The lowest BCUT2D eigenvalue weighted by Gasteiger charge is -2.00. The number of halogens is 1. The van der Waals surface area contributed by atoms with Crippen LogP contribution in [0.5, 0.6) is 0 Å². The molecule has 56 valence electrons. The predicted molar refractivity (Wildman–Crippen MR) is 46.1 cm³/mol. The monoisotopic (exact) mass is 210 g/mol. The van der Waals surface area contributed by atoms with Gasteiger partial charge in [-0.25, -0.2) is 4.98 Å². The largest absolute Gasteiger partial charge is 0.230 e. The first-order chi connectivity index (χ1) is 5.15. The Labute approximate surface area is 74.0 Å². The molecule has 0 amide bonds. The van der Waals surface area contributed by atoms with Crippen molar-refractivity contribution < 1.29 is 0 Å². The Morgan fingerprint density at radius 1 is 1.55 bits per heavy atom. The van der Waals surface area contributed by atoms with E-state index in [0.717, 1.165) is 15.7 Å². The molecule has 1 heterocycles. The van der Waals surface area contributed by atoms with Gasteiger partial charge in [0.1, 0.15) is 16.4 Å². The van der Waals surface area contributed by atoms with E-state index in [0.29, 0.717) is 5.69 Å². The summed E-state index contributed by atoms with van der Waals surface area (Å²) in [5.41, 5.74) is 2.63. The lowest BCUT2D eigenvalue weighted by atomic mass is 10.1. The summed E-state index contributed by atoms with van der Waals surface area (Å²) in [4.78, 5) is 4.01. The van der Waals surface area contributed by atoms with Crippen molar-refractivity contribution in [3.8, 4) is 6.07 Å². The molecular weight excluding hydrogens is 204 g/mol. The van der Waals surface area contributed by atoms with Crippen molar-refractivity contribution >= 4 is 15.9 Å². The summed E-state index contributed by atoms with van der Waals surface area (Å²) < 4.78 is 0.758. The third-order valence-electron chi connectivity index (χ3n) is 1.59. The van der Waals surface area contributed by atoms with Crippen molar-refractivity contribution in [3.05, 3.63) is 27.5 Å². The van der Waals surface area contributed by atoms with E-state index in [1.54, 1.807) is 6.07 Å². The third kappa shape index (κ3) is 1.58. The smallest absolute Gasteiger partial charge is 0.142 e. The van der Waals surface area contributed by atoms with E-state index in [1.165, 1.54) is 0 Å². The number of nitrogens with zero attached hydrogens (tertiary/aromatic N) is 2. The van der Waals surface area contributed by atoms with Gasteiger partial charge in [0.2, 0.25) is 0 Å². The molecule has 0 N–H and O–H groups in total. The fraction of sp³-hybridized carbons (Fsp3) is 0.250. The Morgan fingerprint density at radius 3 is 2.64 bits per heavy atom. The second-order valence-corrected chi connectivity index (χ2v) is 3.10. The molecule has 0 aliphatic rings. The summed E-state index contributed by atoms with van der Waals surface area (Å²) in [5.74, 6) is 0. The van der Waals surface area contributed by atoms with Gasteiger partial charge in [-0.05, 0) is 47.0 Å². The molecule has 1 aromatic rings. The number of nitriles is 1. The molecule has 0 aromatic carbocycles. The Bertz CT molecular complexity index is 302. The fourth-order valence-electron chi connectivity index (χ4n) is 0.755. The average Bonchev–Trinajstić information content (AvgIpc) is 1.99. The van der Waals surface area contributed by atoms with Crippen molar-refractivity contribution in [3.63, 3.8) is 0 Å². The maximum atomic E-state index is 8.54. The van der Waals surface area contributed by atoms with E-state index in [4.69, 9.17) is 5.26 Å². The molecule has 0 unspecified atom stereocenters. The van der Waals surface area contributed by atoms with Gasteiger partial charge in [0.25, 0.3) is 0 Å². The fourth-order valence-corrected chi connectivity index (χ4v) is 1.26. The topological polar surface area (TPSA) is 36.7 Å². The zero-order valence-corrected chi connectivity index (χ0v) is 7.94. The molecule has 0 radical (unpaired) electrons. The third-order valence-corrected chi connectivity index (χ3v) is 2.36. The van der Waals surface area contributed by atoms with Gasteiger partial charge < -0.3 is 0 Å². The lowest BCUT2D eigenvalue weighted by molar-refractivity contribution is 1.14. The maximum Gasteiger partial charge on any atom is 0.142 e. The minimum absolute atomic E-state index is 0.458. The lowest BCUT2D eigenvalue weighted by Crippen LogP contribution is -1.90. The highest BCUT2D eigenvalue weighted by Crippen LogP contribution is 2.17. The standard InChI is InChI=1S/C8H7BrN2/c1-5-3-7(4-10)11-8(9)6(5)2/h3H,1-2H3. The molecule has 2 nitrogen and oxygen atoms in total. The van der Waals surface area contributed by atoms with Gasteiger partial charge in [-0.1, -0.05) is 0 Å². The predicted octanol–water partition coefficient (Wildman–Crippen LogP) is 2.33. The van der Waals surface area contributed by atoms with Gasteiger partial charge in [-0.3, -0.25) is 0 Å². The number of rotatable bonds is 0. The van der Waals surface area contributed by atoms with Crippen LogP contribution in [0.15, 0.2) is 10.7 Å². The van der Waals surface area contributed by atoms with Crippen LogP contribution in [0.4, 0.5) is 0 Å². The molecular formula is C8H7BrN2. The van der Waals surface area contributed by atoms with Gasteiger partial charge in [-0.2, -0.15) is 5.26 Å². The minimum Gasteiger partial charge on any atom is -0.230 e. The van der Waals surface area contributed by atoms with Crippen molar-refractivity contribution in [1.82, 2.24) is 4.98 Å². The number of aryl methyl sites for hydroxylation is 1. The first-order valence-corrected chi connectivity index (χ1v) is 3.98. The SMILES string of the molecule is Cc1cc(C#N)nc(Br)c1C. The van der Waals surface area contributed by atoms with Gasteiger partial charge in [0.15, 0.2) is 0 Å². The van der Waals surface area contributed by atoms with E-state index in [2.05, 4.69) is 20.9 Å². The molecule has 3 heteroatoms. The van der Waals surface area contributed by atoms with Crippen LogP contribution in [0, 0.1) is 25.2 Å². The second-order valence-electron chi connectivity index (χ2n) is 2.35. The molecule has 1 rings (SSSR count). The zero-order valence-electron chi connectivity index (χ0n) is 6.35. The normalized spacial score (nSPS) is 9.27. The molecule has 0 atom stereocenters. The molecule has 0 saturated carbocycles. The number of hydrogen-bond donors (Lipinski definition) is 0. The summed E-state index contributed by atoms with van der Waals surface area (Å²) in [6.07, 6.45) is 0. The minimum atomic E-state index is 0.458. The van der Waals surface area contributed by atoms with Gasteiger partial charge in [0.05, 0.1) is 0 Å². The molecule has 0 bridgehead atoms. The van der Waals surface area contributed by atoms with Crippen molar-refractivity contribution in [2.24, 2.45) is 0 Å². The molecule has 0 spiro atoms. The summed E-state index contributed by atoms with van der Waals surface area (Å²) >= 11 is 3.28. The van der Waals surface area contributed by atoms with Crippen LogP contribution >= 0.6 is 15.9 Å². The van der Waals surface area contributed by atoms with Gasteiger partial charge in [-0.15, -0.1) is 0 Å². The Hall–Kier alpha value is -0.880. The van der Waals surface area contributed by atoms with E-state index in [-0.39, 0.29) is 0 Å². The summed E-state index contributed by atoms with van der Waals surface area (Å²) in [7, 11) is 0. The van der Waals surface area contributed by atoms with E-state index < -0.39 is 0 Å². The molecule has 0 aliphatic heterocycles. The van der Waals surface area contributed by atoms with Crippen LogP contribution in [-0.4, -0.2) is 4.98 Å². The van der Waals surface area contributed by atoms with E-state index in [9.17, 15) is 0 Å². The maximum absolute atomic E-state index is 8.54. The van der Waals surface area contributed by atoms with E-state index >= 15 is 0 Å². The first-order valence-electron chi connectivity index (χ1n) is 3.19.